The Balaban J connectivity index is 1.56. The molecule has 0 atom stereocenters. The molecule has 1 aliphatic rings. The molecule has 0 radical (unpaired) electrons. The van der Waals surface area contributed by atoms with Crippen LogP contribution in [0.15, 0.2) is 54.9 Å². The molecule has 1 aliphatic heterocycles. The van der Waals surface area contributed by atoms with Gasteiger partial charge in [-0.3, -0.25) is 14.8 Å². The highest BCUT2D eigenvalue weighted by atomic mass is 16.3. The quantitative estimate of drug-likeness (QED) is 0.761. The Hall–Kier alpha value is -2.99. The number of benzene rings is 1. The number of aliphatic hydroxyl groups excluding tert-OH is 1. The third-order valence-electron chi connectivity index (χ3n) is 4.69. The number of aliphatic hydroxyl groups is 1. The zero-order chi connectivity index (χ0) is 17.9. The minimum absolute atomic E-state index is 0.227. The number of aromatic nitrogens is 2. The zero-order valence-corrected chi connectivity index (χ0v) is 14.3. The van der Waals surface area contributed by atoms with E-state index in [-0.39, 0.29) is 12.0 Å². The van der Waals surface area contributed by atoms with Gasteiger partial charge in [0, 0.05) is 36.6 Å². The highest BCUT2D eigenvalue weighted by Crippen LogP contribution is 2.23. The lowest BCUT2D eigenvalue weighted by Gasteiger charge is -2.31. The van der Waals surface area contributed by atoms with Crippen molar-refractivity contribution in [3.8, 4) is 0 Å². The van der Waals surface area contributed by atoms with Crippen molar-refractivity contribution in [2.24, 2.45) is 0 Å². The molecule has 1 aromatic carbocycles. The van der Waals surface area contributed by atoms with Crippen LogP contribution in [0.4, 0.5) is 11.4 Å². The number of fused-ring (bicyclic) bond motifs is 1. The van der Waals surface area contributed by atoms with Crippen molar-refractivity contribution in [2.45, 2.75) is 18.9 Å². The molecule has 1 fully saturated rings. The van der Waals surface area contributed by atoms with Gasteiger partial charge in [0.2, 0.25) is 0 Å². The zero-order valence-electron chi connectivity index (χ0n) is 14.3. The van der Waals surface area contributed by atoms with Crippen molar-refractivity contribution < 1.29 is 9.90 Å². The Bertz CT molecular complexity index is 931. The fraction of sp³-hybridized carbons (Fsp3) is 0.250. The van der Waals surface area contributed by atoms with Gasteiger partial charge in [-0.15, -0.1) is 0 Å². The van der Waals surface area contributed by atoms with Crippen LogP contribution in [0.5, 0.6) is 0 Å². The van der Waals surface area contributed by atoms with Crippen molar-refractivity contribution in [1.82, 2.24) is 9.97 Å². The van der Waals surface area contributed by atoms with Crippen molar-refractivity contribution in [1.29, 1.82) is 0 Å². The normalized spacial score (nSPS) is 15.2. The molecule has 2 N–H and O–H groups in total. The molecule has 3 heterocycles. The third-order valence-corrected chi connectivity index (χ3v) is 4.69. The Morgan fingerprint density at radius 3 is 2.73 bits per heavy atom. The highest BCUT2D eigenvalue weighted by Gasteiger charge is 2.19. The molecule has 132 valence electrons. The lowest BCUT2D eigenvalue weighted by molar-refractivity contribution is 0.102. The Kier molecular flexibility index (Phi) is 4.50. The standard InChI is InChI=1S/C20H20N4O2/c25-16-7-11-24(12-8-16)15-6-10-21-18(13-15)20(26)23-17-5-1-3-14-4-2-9-22-19(14)17/h1-6,9-10,13,16,25H,7-8,11-12H2,(H,23,26). The third kappa shape index (κ3) is 3.36. The first-order valence-corrected chi connectivity index (χ1v) is 8.75. The van der Waals surface area contributed by atoms with Crippen molar-refractivity contribution in [3.05, 3.63) is 60.6 Å². The van der Waals surface area contributed by atoms with Crippen LogP contribution in [-0.2, 0) is 0 Å². The van der Waals surface area contributed by atoms with E-state index in [0.717, 1.165) is 42.5 Å². The molecule has 2 aromatic heterocycles. The molecule has 0 unspecified atom stereocenters. The van der Waals surface area contributed by atoms with E-state index in [1.165, 1.54) is 0 Å². The van der Waals surface area contributed by atoms with Gasteiger partial charge in [0.05, 0.1) is 17.3 Å². The number of amides is 1. The van der Waals surface area contributed by atoms with E-state index in [4.69, 9.17) is 0 Å². The molecule has 1 amide bonds. The van der Waals surface area contributed by atoms with Crippen molar-refractivity contribution in [2.75, 3.05) is 23.3 Å². The fourth-order valence-electron chi connectivity index (χ4n) is 3.26. The molecule has 3 aromatic rings. The molecular weight excluding hydrogens is 328 g/mol. The number of carbonyl (C=O) groups is 1. The second-order valence-corrected chi connectivity index (χ2v) is 6.45. The number of hydrogen-bond acceptors (Lipinski definition) is 5. The van der Waals surface area contributed by atoms with Gasteiger partial charge >= 0.3 is 0 Å². The van der Waals surface area contributed by atoms with E-state index in [2.05, 4.69) is 20.2 Å². The molecule has 0 saturated carbocycles. The van der Waals surface area contributed by atoms with Gasteiger partial charge in [0.15, 0.2) is 0 Å². The van der Waals surface area contributed by atoms with Gasteiger partial charge in [0.1, 0.15) is 5.69 Å². The Morgan fingerprint density at radius 2 is 1.88 bits per heavy atom. The molecule has 0 aliphatic carbocycles. The van der Waals surface area contributed by atoms with E-state index >= 15 is 0 Å². The largest absolute Gasteiger partial charge is 0.393 e. The minimum atomic E-state index is -0.262. The van der Waals surface area contributed by atoms with Crippen molar-refractivity contribution >= 4 is 28.2 Å². The summed E-state index contributed by atoms with van der Waals surface area (Å²) >= 11 is 0. The summed E-state index contributed by atoms with van der Waals surface area (Å²) in [6.45, 7) is 1.55. The van der Waals surface area contributed by atoms with Crippen LogP contribution < -0.4 is 10.2 Å². The number of hydrogen-bond donors (Lipinski definition) is 2. The summed E-state index contributed by atoms with van der Waals surface area (Å²) in [4.78, 5) is 23.4. The summed E-state index contributed by atoms with van der Waals surface area (Å²) in [5.74, 6) is -0.262. The predicted molar refractivity (Wildman–Crippen MR) is 101 cm³/mol. The van der Waals surface area contributed by atoms with Gasteiger partial charge in [0.25, 0.3) is 5.91 Å². The number of nitrogens with one attached hydrogen (secondary N) is 1. The number of rotatable bonds is 3. The van der Waals surface area contributed by atoms with Crippen LogP contribution in [0.3, 0.4) is 0 Å². The van der Waals surface area contributed by atoms with E-state index in [1.54, 1.807) is 18.5 Å². The summed E-state index contributed by atoms with van der Waals surface area (Å²) < 4.78 is 0. The SMILES string of the molecule is O=C(Nc1cccc2cccnc12)c1cc(N2CCC(O)CC2)ccn1. The van der Waals surface area contributed by atoms with Crippen LogP contribution in [-0.4, -0.2) is 40.2 Å². The second-order valence-electron chi connectivity index (χ2n) is 6.45. The Labute approximate surface area is 151 Å². The molecule has 4 rings (SSSR count). The molecule has 6 heteroatoms. The number of carbonyl (C=O) groups excluding carboxylic acids is 1. The van der Waals surface area contributed by atoms with E-state index in [1.807, 2.05) is 36.4 Å². The summed E-state index contributed by atoms with van der Waals surface area (Å²) in [5, 5.41) is 13.5. The van der Waals surface area contributed by atoms with Crippen LogP contribution in [0.2, 0.25) is 0 Å². The molecule has 26 heavy (non-hydrogen) atoms. The monoisotopic (exact) mass is 348 g/mol. The van der Waals surface area contributed by atoms with Gasteiger partial charge in [-0.05, 0) is 37.1 Å². The smallest absolute Gasteiger partial charge is 0.274 e. The number of anilines is 2. The maximum absolute atomic E-state index is 12.7. The molecule has 1 saturated heterocycles. The summed E-state index contributed by atoms with van der Waals surface area (Å²) in [7, 11) is 0. The van der Waals surface area contributed by atoms with E-state index in [9.17, 15) is 9.90 Å². The molecule has 6 nitrogen and oxygen atoms in total. The maximum Gasteiger partial charge on any atom is 0.274 e. The average Bonchev–Trinajstić information content (AvgIpc) is 2.69. The van der Waals surface area contributed by atoms with E-state index < -0.39 is 0 Å². The van der Waals surface area contributed by atoms with Gasteiger partial charge in [-0.25, -0.2) is 0 Å². The fourth-order valence-corrected chi connectivity index (χ4v) is 3.26. The van der Waals surface area contributed by atoms with Crippen LogP contribution in [0.1, 0.15) is 23.3 Å². The molecular formula is C20H20N4O2. The summed E-state index contributed by atoms with van der Waals surface area (Å²) in [6.07, 6.45) is 4.62. The average molecular weight is 348 g/mol. The second kappa shape index (κ2) is 7.09. The number of nitrogens with zero attached hydrogens (tertiary/aromatic N) is 3. The van der Waals surface area contributed by atoms with Crippen LogP contribution in [0, 0.1) is 0 Å². The first-order valence-electron chi connectivity index (χ1n) is 8.75. The van der Waals surface area contributed by atoms with Crippen molar-refractivity contribution in [3.63, 3.8) is 0 Å². The highest BCUT2D eigenvalue weighted by molar-refractivity contribution is 6.07. The number of pyridine rings is 2. The maximum atomic E-state index is 12.7. The lowest BCUT2D eigenvalue weighted by atomic mass is 10.1. The minimum Gasteiger partial charge on any atom is -0.393 e. The van der Waals surface area contributed by atoms with Crippen LogP contribution >= 0.6 is 0 Å². The predicted octanol–water partition coefficient (Wildman–Crippen LogP) is 2.84. The van der Waals surface area contributed by atoms with Crippen LogP contribution in [0.25, 0.3) is 10.9 Å². The number of piperidine rings is 1. The van der Waals surface area contributed by atoms with E-state index in [0.29, 0.717) is 11.4 Å². The first kappa shape index (κ1) is 16.5. The summed E-state index contributed by atoms with van der Waals surface area (Å²) in [6, 6.07) is 13.2. The Morgan fingerprint density at radius 1 is 1.08 bits per heavy atom. The first-order chi connectivity index (χ1) is 12.7. The lowest BCUT2D eigenvalue weighted by Crippen LogP contribution is -2.35. The van der Waals surface area contributed by atoms with Gasteiger partial charge in [-0.1, -0.05) is 18.2 Å². The molecule has 0 spiro atoms. The number of para-hydroxylation sites is 1. The molecule has 0 bridgehead atoms. The topological polar surface area (TPSA) is 78.4 Å². The van der Waals surface area contributed by atoms with Gasteiger partial charge in [-0.2, -0.15) is 0 Å². The van der Waals surface area contributed by atoms with Gasteiger partial charge < -0.3 is 15.3 Å². The summed E-state index contributed by atoms with van der Waals surface area (Å²) in [5.41, 5.74) is 2.74.